The third kappa shape index (κ3) is 4.09. The van der Waals surface area contributed by atoms with Crippen LogP contribution in [-0.4, -0.2) is 43.6 Å². The Bertz CT molecular complexity index is 1190. The van der Waals surface area contributed by atoms with E-state index in [2.05, 4.69) is 16.5 Å². The van der Waals surface area contributed by atoms with E-state index in [4.69, 9.17) is 5.73 Å². The molecular formula is C24H28N6O4. The molecule has 2 aromatic rings. The van der Waals surface area contributed by atoms with Crippen LogP contribution in [0.1, 0.15) is 78.5 Å². The maximum absolute atomic E-state index is 13.4. The summed E-state index contributed by atoms with van der Waals surface area (Å²) in [6.07, 6.45) is 2.85. The highest BCUT2D eigenvalue weighted by Gasteiger charge is 2.48. The predicted octanol–water partition coefficient (Wildman–Crippen LogP) is 2.91. The van der Waals surface area contributed by atoms with E-state index in [1.165, 1.54) is 11.1 Å². The van der Waals surface area contributed by atoms with Crippen LogP contribution in [0.4, 0.5) is 5.82 Å². The van der Waals surface area contributed by atoms with Gasteiger partial charge < -0.3 is 16.2 Å². The molecule has 4 rings (SSSR count). The number of hydrogen-bond donors (Lipinski definition) is 3. The Morgan fingerprint density at radius 3 is 2.56 bits per heavy atom. The molecule has 4 N–H and O–H groups in total. The lowest BCUT2D eigenvalue weighted by Crippen LogP contribution is -2.52. The summed E-state index contributed by atoms with van der Waals surface area (Å²) in [5.41, 5.74) is 5.94. The second-order valence-electron chi connectivity index (χ2n) is 9.96. The number of aromatic nitrogens is 2. The molecule has 1 fully saturated rings. The molecule has 2 heterocycles. The molecule has 1 aliphatic heterocycles. The smallest absolute Gasteiger partial charge is 0.327 e. The molecule has 1 aromatic heterocycles. The summed E-state index contributed by atoms with van der Waals surface area (Å²) >= 11 is 0. The van der Waals surface area contributed by atoms with Crippen molar-refractivity contribution in [1.82, 2.24) is 14.7 Å². The van der Waals surface area contributed by atoms with Gasteiger partial charge in [-0.05, 0) is 30.2 Å². The lowest BCUT2D eigenvalue weighted by molar-refractivity contribution is -0.147. The van der Waals surface area contributed by atoms with Crippen LogP contribution in [0.2, 0.25) is 0 Å². The first-order valence-corrected chi connectivity index (χ1v) is 11.2. The van der Waals surface area contributed by atoms with E-state index in [0.717, 1.165) is 12.8 Å². The highest BCUT2D eigenvalue weighted by Crippen LogP contribution is 2.43. The number of carboxylic acid groups (broad SMARTS) is 1. The molecule has 3 atom stereocenters. The van der Waals surface area contributed by atoms with Gasteiger partial charge in [0.15, 0.2) is 5.82 Å². The number of nitrogens with zero attached hydrogens (tertiary/aromatic N) is 4. The summed E-state index contributed by atoms with van der Waals surface area (Å²) in [5, 5.41) is 27.0. The number of aliphatic carboxylic acids is 1. The third-order valence-corrected chi connectivity index (χ3v) is 6.41. The molecule has 2 amide bonds. The van der Waals surface area contributed by atoms with Crippen LogP contribution in [0.15, 0.2) is 30.5 Å². The molecule has 0 bridgehead atoms. The van der Waals surface area contributed by atoms with Gasteiger partial charge >= 0.3 is 5.97 Å². The SMILES string of the molecule is CC(C)(C)C(C(=O)O)N1C(=O)c2ccccc2C1Nc1nn(C(CC#N)C2CC2)cc1C(N)=O. The van der Waals surface area contributed by atoms with Crippen LogP contribution in [0.3, 0.4) is 0 Å². The first-order valence-electron chi connectivity index (χ1n) is 11.2. The minimum Gasteiger partial charge on any atom is -0.480 e. The van der Waals surface area contributed by atoms with Crippen molar-refractivity contribution >= 4 is 23.6 Å². The number of fused-ring (bicyclic) bond motifs is 1. The van der Waals surface area contributed by atoms with Gasteiger partial charge in [-0.15, -0.1) is 0 Å². The normalized spacial score (nSPS) is 19.3. The van der Waals surface area contributed by atoms with Gasteiger partial charge in [0, 0.05) is 17.3 Å². The maximum Gasteiger partial charge on any atom is 0.327 e. The Morgan fingerprint density at radius 1 is 1.32 bits per heavy atom. The molecule has 3 unspecified atom stereocenters. The summed E-state index contributed by atoms with van der Waals surface area (Å²) in [4.78, 5) is 39.2. The Hall–Kier alpha value is -3.87. The van der Waals surface area contributed by atoms with Gasteiger partial charge in [-0.1, -0.05) is 39.0 Å². The summed E-state index contributed by atoms with van der Waals surface area (Å²) < 4.78 is 1.59. The Labute approximate surface area is 197 Å². The summed E-state index contributed by atoms with van der Waals surface area (Å²) in [6.45, 7) is 5.26. The van der Waals surface area contributed by atoms with E-state index in [1.54, 1.807) is 49.7 Å². The molecule has 1 saturated carbocycles. The Balaban J connectivity index is 1.79. The van der Waals surface area contributed by atoms with Gasteiger partial charge in [-0.3, -0.25) is 19.2 Å². The zero-order valence-electron chi connectivity index (χ0n) is 19.4. The number of nitrogens with two attached hydrogens (primary N) is 1. The Kier molecular flexibility index (Phi) is 5.81. The van der Waals surface area contributed by atoms with E-state index in [-0.39, 0.29) is 23.8 Å². The molecule has 0 saturated heterocycles. The number of carbonyl (C=O) groups excluding carboxylic acids is 2. The quantitative estimate of drug-likeness (QED) is 0.542. The van der Waals surface area contributed by atoms with Crippen molar-refractivity contribution in [3.8, 4) is 6.07 Å². The van der Waals surface area contributed by atoms with Gasteiger partial charge in [0.2, 0.25) is 0 Å². The minimum absolute atomic E-state index is 0.114. The van der Waals surface area contributed by atoms with Crippen molar-refractivity contribution < 1.29 is 19.5 Å². The number of nitriles is 1. The fourth-order valence-electron chi connectivity index (χ4n) is 4.69. The van der Waals surface area contributed by atoms with Crippen molar-refractivity contribution in [1.29, 1.82) is 5.26 Å². The molecule has 34 heavy (non-hydrogen) atoms. The van der Waals surface area contributed by atoms with Crippen LogP contribution in [0.5, 0.6) is 0 Å². The molecule has 10 heteroatoms. The molecule has 0 radical (unpaired) electrons. The largest absolute Gasteiger partial charge is 0.480 e. The van der Waals surface area contributed by atoms with E-state index in [0.29, 0.717) is 17.0 Å². The first-order chi connectivity index (χ1) is 16.0. The van der Waals surface area contributed by atoms with Gasteiger partial charge in [0.1, 0.15) is 17.8 Å². The number of amides is 2. The van der Waals surface area contributed by atoms with Crippen LogP contribution >= 0.6 is 0 Å². The molecule has 178 valence electrons. The van der Waals surface area contributed by atoms with Crippen molar-refractivity contribution in [2.75, 3.05) is 5.32 Å². The van der Waals surface area contributed by atoms with Crippen molar-refractivity contribution in [2.45, 2.75) is 58.3 Å². The minimum atomic E-state index is -1.15. The predicted molar refractivity (Wildman–Crippen MR) is 123 cm³/mol. The van der Waals surface area contributed by atoms with Crippen molar-refractivity contribution in [3.63, 3.8) is 0 Å². The second kappa shape index (κ2) is 8.48. The topological polar surface area (TPSA) is 154 Å². The van der Waals surface area contributed by atoms with Gasteiger partial charge in [-0.2, -0.15) is 10.4 Å². The Morgan fingerprint density at radius 2 is 2.00 bits per heavy atom. The number of carboxylic acids is 1. The van der Waals surface area contributed by atoms with Gasteiger partial charge in [-0.25, -0.2) is 4.79 Å². The van der Waals surface area contributed by atoms with Gasteiger partial charge in [0.25, 0.3) is 11.8 Å². The number of primary amides is 1. The standard InChI is InChI=1S/C24H28N6O4/c1-24(2,3)18(23(33)34)30-21(14-6-4-5-7-15(14)22(30)32)27-20-16(19(26)31)12-29(28-20)17(10-11-25)13-8-9-13/h4-7,12-13,17-18,21H,8-10H2,1-3H3,(H2,26,31)(H,27,28)(H,33,34). The van der Waals surface area contributed by atoms with E-state index >= 15 is 0 Å². The van der Waals surface area contributed by atoms with E-state index in [9.17, 15) is 24.8 Å². The summed E-state index contributed by atoms with van der Waals surface area (Å²) in [6, 6.07) is 7.71. The van der Waals surface area contributed by atoms with Gasteiger partial charge in [0.05, 0.1) is 18.5 Å². The zero-order valence-corrected chi connectivity index (χ0v) is 19.4. The number of carbonyl (C=O) groups is 3. The second-order valence-corrected chi connectivity index (χ2v) is 9.96. The monoisotopic (exact) mass is 464 g/mol. The zero-order chi connectivity index (χ0) is 24.8. The van der Waals surface area contributed by atoms with Crippen LogP contribution in [0, 0.1) is 22.7 Å². The molecule has 0 spiro atoms. The lowest BCUT2D eigenvalue weighted by atomic mass is 9.85. The molecular weight excluding hydrogens is 436 g/mol. The highest BCUT2D eigenvalue weighted by molar-refractivity contribution is 6.02. The number of nitrogens with one attached hydrogen (secondary N) is 1. The number of anilines is 1. The number of rotatable bonds is 8. The fraction of sp³-hybridized carbons (Fsp3) is 0.458. The lowest BCUT2D eigenvalue weighted by Gasteiger charge is -2.38. The van der Waals surface area contributed by atoms with Crippen LogP contribution in [0.25, 0.3) is 0 Å². The molecule has 2 aliphatic rings. The van der Waals surface area contributed by atoms with Crippen LogP contribution < -0.4 is 11.1 Å². The van der Waals surface area contributed by atoms with Crippen molar-refractivity contribution in [2.24, 2.45) is 17.1 Å². The highest BCUT2D eigenvalue weighted by atomic mass is 16.4. The van der Waals surface area contributed by atoms with Crippen molar-refractivity contribution in [3.05, 3.63) is 47.2 Å². The third-order valence-electron chi connectivity index (χ3n) is 6.41. The number of benzene rings is 1. The molecule has 10 nitrogen and oxygen atoms in total. The fourth-order valence-corrected chi connectivity index (χ4v) is 4.69. The first kappa shape index (κ1) is 23.3. The average Bonchev–Trinajstić information content (AvgIpc) is 3.45. The van der Waals surface area contributed by atoms with E-state index < -0.39 is 35.4 Å². The average molecular weight is 465 g/mol. The molecule has 1 aromatic carbocycles. The van der Waals surface area contributed by atoms with E-state index in [1.807, 2.05) is 0 Å². The summed E-state index contributed by atoms with van der Waals surface area (Å²) in [5.74, 6) is -1.82. The summed E-state index contributed by atoms with van der Waals surface area (Å²) in [7, 11) is 0. The number of hydrogen-bond acceptors (Lipinski definition) is 6. The maximum atomic E-state index is 13.4. The van der Waals surface area contributed by atoms with Crippen LogP contribution in [-0.2, 0) is 4.79 Å². The molecule has 1 aliphatic carbocycles.